The molecule has 0 bridgehead atoms. The number of amides is 1. The number of benzene rings is 2. The molecule has 34 heavy (non-hydrogen) atoms. The first-order valence-electron chi connectivity index (χ1n) is 11.0. The van der Waals surface area contributed by atoms with E-state index in [-0.39, 0.29) is 5.91 Å². The summed E-state index contributed by atoms with van der Waals surface area (Å²) in [6, 6.07) is 17.0. The van der Waals surface area contributed by atoms with Crippen LogP contribution >= 0.6 is 11.6 Å². The first kappa shape index (κ1) is 23.4. The third-order valence-electron chi connectivity index (χ3n) is 5.21. The molecule has 4 aromatic rings. The van der Waals surface area contributed by atoms with Crippen molar-refractivity contribution in [2.24, 2.45) is 0 Å². The highest BCUT2D eigenvalue weighted by Crippen LogP contribution is 2.24. The molecule has 0 saturated heterocycles. The second kappa shape index (κ2) is 10.9. The van der Waals surface area contributed by atoms with Crippen LogP contribution in [0.15, 0.2) is 65.3 Å². The van der Waals surface area contributed by atoms with Crippen molar-refractivity contribution in [3.63, 3.8) is 0 Å². The van der Waals surface area contributed by atoms with Crippen LogP contribution in [0.5, 0.6) is 11.6 Å². The van der Waals surface area contributed by atoms with Gasteiger partial charge in [-0.05, 0) is 67.3 Å². The van der Waals surface area contributed by atoms with Crippen molar-refractivity contribution < 1.29 is 14.1 Å². The molecule has 0 aliphatic heterocycles. The molecule has 4 rings (SSSR count). The summed E-state index contributed by atoms with van der Waals surface area (Å²) >= 11 is 5.90. The van der Waals surface area contributed by atoms with Crippen LogP contribution in [0.25, 0.3) is 11.4 Å². The van der Waals surface area contributed by atoms with Crippen LogP contribution in [0, 0.1) is 13.8 Å². The predicted octanol–water partition coefficient (Wildman–Crippen LogP) is 5.83. The van der Waals surface area contributed by atoms with Crippen LogP contribution in [0.2, 0.25) is 5.02 Å². The van der Waals surface area contributed by atoms with E-state index in [0.29, 0.717) is 48.4 Å². The first-order chi connectivity index (χ1) is 16.5. The third kappa shape index (κ3) is 6.42. The first-order valence-corrected chi connectivity index (χ1v) is 11.4. The zero-order chi connectivity index (χ0) is 23.9. The van der Waals surface area contributed by atoms with Crippen LogP contribution in [-0.2, 0) is 17.8 Å². The Hall–Kier alpha value is -3.71. The summed E-state index contributed by atoms with van der Waals surface area (Å²) in [5, 5.41) is 7.54. The molecule has 2 aromatic heterocycles. The van der Waals surface area contributed by atoms with E-state index in [1.54, 1.807) is 24.4 Å². The Morgan fingerprint density at radius 1 is 1.09 bits per heavy atom. The van der Waals surface area contributed by atoms with Crippen LogP contribution in [0.4, 0.5) is 0 Å². The summed E-state index contributed by atoms with van der Waals surface area (Å²) in [4.78, 5) is 20.9. The quantitative estimate of drug-likeness (QED) is 0.326. The van der Waals surface area contributed by atoms with Gasteiger partial charge < -0.3 is 14.6 Å². The number of aromatic nitrogens is 3. The number of hydrogen-bond donors (Lipinski definition) is 1. The summed E-state index contributed by atoms with van der Waals surface area (Å²) in [6.07, 6.45) is 3.20. The molecule has 0 unspecified atom stereocenters. The lowest BCUT2D eigenvalue weighted by Crippen LogP contribution is -2.22. The number of carbonyl (C=O) groups excluding carboxylic acids is 1. The van der Waals surface area contributed by atoms with Crippen molar-refractivity contribution in [1.82, 2.24) is 20.4 Å². The van der Waals surface area contributed by atoms with E-state index in [1.165, 1.54) is 0 Å². The number of rotatable bonds is 9. The lowest BCUT2D eigenvalue weighted by atomic mass is 10.1. The van der Waals surface area contributed by atoms with Gasteiger partial charge in [0.1, 0.15) is 5.75 Å². The zero-order valence-electron chi connectivity index (χ0n) is 19.0. The Morgan fingerprint density at radius 2 is 1.91 bits per heavy atom. The maximum absolute atomic E-state index is 12.2. The number of aryl methyl sites for hydroxylation is 3. The van der Waals surface area contributed by atoms with Crippen LogP contribution < -0.4 is 10.1 Å². The molecule has 0 aliphatic carbocycles. The molecular weight excluding hydrogens is 452 g/mol. The fourth-order valence-corrected chi connectivity index (χ4v) is 3.39. The van der Waals surface area contributed by atoms with Crippen molar-refractivity contribution in [2.75, 3.05) is 0 Å². The van der Waals surface area contributed by atoms with Crippen LogP contribution in [-0.4, -0.2) is 21.0 Å². The number of carbonyl (C=O) groups is 1. The number of hydrogen-bond acceptors (Lipinski definition) is 6. The minimum absolute atomic E-state index is 0.0480. The van der Waals surface area contributed by atoms with E-state index in [4.69, 9.17) is 20.9 Å². The number of halogens is 1. The van der Waals surface area contributed by atoms with Crippen molar-refractivity contribution in [2.45, 2.75) is 39.7 Å². The second-order valence-electron chi connectivity index (χ2n) is 8.02. The predicted molar refractivity (Wildman–Crippen MR) is 130 cm³/mol. The van der Waals surface area contributed by atoms with Crippen LogP contribution in [0.3, 0.4) is 0 Å². The van der Waals surface area contributed by atoms with E-state index in [0.717, 1.165) is 28.0 Å². The van der Waals surface area contributed by atoms with Crippen molar-refractivity contribution in [3.8, 4) is 23.0 Å². The summed E-state index contributed by atoms with van der Waals surface area (Å²) in [6.45, 7) is 4.42. The van der Waals surface area contributed by atoms with E-state index in [9.17, 15) is 4.79 Å². The molecule has 0 aliphatic rings. The molecule has 2 heterocycles. The molecule has 0 fully saturated rings. The van der Waals surface area contributed by atoms with Gasteiger partial charge in [-0.2, -0.15) is 4.98 Å². The number of pyridine rings is 1. The Morgan fingerprint density at radius 3 is 2.68 bits per heavy atom. The third-order valence-corrected chi connectivity index (χ3v) is 5.46. The Balaban J connectivity index is 1.20. The average Bonchev–Trinajstić information content (AvgIpc) is 3.30. The van der Waals surface area contributed by atoms with Gasteiger partial charge in [0, 0.05) is 42.2 Å². The maximum Gasteiger partial charge on any atom is 0.226 e. The smallest absolute Gasteiger partial charge is 0.226 e. The number of ether oxygens (including phenoxy) is 1. The fourth-order valence-electron chi connectivity index (χ4n) is 3.27. The SMILES string of the molecule is Cc1ccc(C)c(Oc2ccc(CNC(=O)CCCc3nc(-c4ccc(Cl)cc4)no3)cn2)c1. The highest BCUT2D eigenvalue weighted by molar-refractivity contribution is 6.30. The molecule has 174 valence electrons. The van der Waals surface area contributed by atoms with Gasteiger partial charge in [0.25, 0.3) is 0 Å². The van der Waals surface area contributed by atoms with Crippen LogP contribution in [0.1, 0.15) is 35.4 Å². The van der Waals surface area contributed by atoms with Gasteiger partial charge in [-0.1, -0.05) is 35.0 Å². The topological polar surface area (TPSA) is 90.1 Å². The van der Waals surface area contributed by atoms with E-state index < -0.39 is 0 Å². The van der Waals surface area contributed by atoms with E-state index in [1.807, 2.05) is 50.2 Å². The summed E-state index contributed by atoms with van der Waals surface area (Å²) < 4.78 is 11.2. The monoisotopic (exact) mass is 476 g/mol. The maximum atomic E-state index is 12.2. The summed E-state index contributed by atoms with van der Waals surface area (Å²) in [5.74, 6) is 2.26. The standard InChI is InChI=1S/C26H25ClN4O3/c1-17-6-7-18(2)22(14-17)33-24-13-8-19(16-29-24)15-28-23(32)4-3-5-25-30-26(31-34-25)20-9-11-21(27)12-10-20/h6-14,16H,3-5,15H2,1-2H3,(H,28,32). The largest absolute Gasteiger partial charge is 0.439 e. The van der Waals surface area contributed by atoms with Crippen molar-refractivity contribution in [3.05, 3.63) is 88.4 Å². The van der Waals surface area contributed by atoms with Gasteiger partial charge in [0.15, 0.2) is 0 Å². The van der Waals surface area contributed by atoms with E-state index >= 15 is 0 Å². The molecule has 7 nitrogen and oxygen atoms in total. The highest BCUT2D eigenvalue weighted by atomic mass is 35.5. The molecule has 0 spiro atoms. The summed E-state index contributed by atoms with van der Waals surface area (Å²) in [5.41, 5.74) is 3.90. The zero-order valence-corrected chi connectivity index (χ0v) is 19.8. The minimum atomic E-state index is -0.0480. The Bertz CT molecular complexity index is 1250. The molecular formula is C26H25ClN4O3. The Labute approximate surface area is 203 Å². The molecule has 0 saturated carbocycles. The lowest BCUT2D eigenvalue weighted by molar-refractivity contribution is -0.121. The highest BCUT2D eigenvalue weighted by Gasteiger charge is 2.10. The van der Waals surface area contributed by atoms with Gasteiger partial charge in [-0.3, -0.25) is 4.79 Å². The minimum Gasteiger partial charge on any atom is -0.439 e. The van der Waals surface area contributed by atoms with Gasteiger partial charge in [0.05, 0.1) is 0 Å². The normalized spacial score (nSPS) is 10.8. The molecule has 0 atom stereocenters. The molecule has 1 N–H and O–H groups in total. The molecule has 8 heteroatoms. The van der Waals surface area contributed by atoms with Gasteiger partial charge in [-0.15, -0.1) is 0 Å². The Kier molecular flexibility index (Phi) is 7.54. The fraction of sp³-hybridized carbons (Fsp3) is 0.231. The summed E-state index contributed by atoms with van der Waals surface area (Å²) in [7, 11) is 0. The molecule has 0 radical (unpaired) electrons. The van der Waals surface area contributed by atoms with Crippen molar-refractivity contribution >= 4 is 17.5 Å². The lowest BCUT2D eigenvalue weighted by Gasteiger charge is -2.09. The van der Waals surface area contributed by atoms with Gasteiger partial charge in [-0.25, -0.2) is 4.98 Å². The number of nitrogens with zero attached hydrogens (tertiary/aromatic N) is 3. The second-order valence-corrected chi connectivity index (χ2v) is 8.46. The average molecular weight is 477 g/mol. The van der Waals surface area contributed by atoms with Gasteiger partial charge >= 0.3 is 0 Å². The van der Waals surface area contributed by atoms with Crippen molar-refractivity contribution in [1.29, 1.82) is 0 Å². The van der Waals surface area contributed by atoms with Gasteiger partial charge in [0.2, 0.25) is 23.5 Å². The molecule has 1 amide bonds. The van der Waals surface area contributed by atoms with E-state index in [2.05, 4.69) is 20.4 Å². The number of nitrogens with one attached hydrogen (secondary N) is 1. The molecule has 2 aromatic carbocycles.